The molecular weight excluding hydrogens is 333 g/mol. The Balaban J connectivity index is 2.14. The zero-order chi connectivity index (χ0) is 17.9. The van der Waals surface area contributed by atoms with Gasteiger partial charge >= 0.3 is 6.03 Å². The molecule has 2 rings (SSSR count). The monoisotopic (exact) mass is 357 g/mol. The van der Waals surface area contributed by atoms with Crippen molar-refractivity contribution in [3.63, 3.8) is 0 Å². The van der Waals surface area contributed by atoms with Gasteiger partial charge in [-0.2, -0.15) is 4.31 Å². The molecule has 2 amide bonds. The lowest BCUT2D eigenvalue weighted by molar-refractivity contribution is 0.198. The van der Waals surface area contributed by atoms with Gasteiger partial charge in [0.1, 0.15) is 5.82 Å². The molecule has 0 radical (unpaired) electrons. The van der Waals surface area contributed by atoms with Gasteiger partial charge in [-0.1, -0.05) is 0 Å². The Bertz CT molecular complexity index is 707. The maximum absolute atomic E-state index is 13.2. The van der Waals surface area contributed by atoms with Crippen molar-refractivity contribution in [1.29, 1.82) is 0 Å². The first-order valence-electron chi connectivity index (χ1n) is 8.03. The largest absolute Gasteiger partial charge is 0.336 e. The van der Waals surface area contributed by atoms with Crippen LogP contribution in [0.3, 0.4) is 0 Å². The summed E-state index contributed by atoms with van der Waals surface area (Å²) in [6, 6.07) is 3.52. The van der Waals surface area contributed by atoms with E-state index in [9.17, 15) is 17.6 Å². The summed E-state index contributed by atoms with van der Waals surface area (Å²) in [6.07, 6.45) is 0.561. The molecule has 1 aromatic rings. The Kier molecular flexibility index (Phi) is 5.82. The molecule has 0 unspecified atom stereocenters. The van der Waals surface area contributed by atoms with E-state index in [1.807, 2.05) is 13.8 Å². The molecule has 0 bridgehead atoms. The zero-order valence-electron chi connectivity index (χ0n) is 14.3. The van der Waals surface area contributed by atoms with Crippen molar-refractivity contribution >= 4 is 16.1 Å². The first-order valence-corrected chi connectivity index (χ1v) is 9.47. The van der Waals surface area contributed by atoms with Crippen LogP contribution in [0.25, 0.3) is 0 Å². The lowest BCUT2D eigenvalue weighted by Gasteiger charge is -2.23. The van der Waals surface area contributed by atoms with Gasteiger partial charge in [0.25, 0.3) is 0 Å². The highest BCUT2D eigenvalue weighted by atomic mass is 32.2. The normalized spacial score (nSPS) is 17.0. The second-order valence-electron chi connectivity index (χ2n) is 6.26. The Hall–Kier alpha value is -1.67. The summed E-state index contributed by atoms with van der Waals surface area (Å²) < 4.78 is 40.2. The van der Waals surface area contributed by atoms with E-state index >= 15 is 0 Å². The molecule has 6 nitrogen and oxygen atoms in total. The highest BCUT2D eigenvalue weighted by molar-refractivity contribution is 7.89. The minimum absolute atomic E-state index is 0.0300. The van der Waals surface area contributed by atoms with Gasteiger partial charge in [-0.25, -0.2) is 17.6 Å². The summed E-state index contributed by atoms with van der Waals surface area (Å²) in [6.45, 7) is 6.74. The highest BCUT2D eigenvalue weighted by Crippen LogP contribution is 2.22. The number of carbonyl (C=O) groups is 1. The third-order valence-electron chi connectivity index (χ3n) is 3.91. The lowest BCUT2D eigenvalue weighted by atomic mass is 10.2. The summed E-state index contributed by atoms with van der Waals surface area (Å²) in [5.41, 5.74) is 0.383. The number of urea groups is 1. The number of halogens is 1. The van der Waals surface area contributed by atoms with Gasteiger partial charge in [0.05, 0.1) is 4.90 Å². The predicted molar refractivity (Wildman–Crippen MR) is 89.8 cm³/mol. The summed E-state index contributed by atoms with van der Waals surface area (Å²) >= 11 is 0. The number of aryl methyl sites for hydroxylation is 1. The quantitative estimate of drug-likeness (QED) is 0.899. The summed E-state index contributed by atoms with van der Waals surface area (Å²) in [4.78, 5) is 13.8. The fourth-order valence-corrected chi connectivity index (χ4v) is 4.39. The van der Waals surface area contributed by atoms with Crippen molar-refractivity contribution in [2.45, 2.75) is 38.1 Å². The van der Waals surface area contributed by atoms with Crippen molar-refractivity contribution in [3.05, 3.63) is 29.6 Å². The first kappa shape index (κ1) is 18.7. The Morgan fingerprint density at radius 1 is 1.21 bits per heavy atom. The van der Waals surface area contributed by atoms with Crippen LogP contribution in [0.15, 0.2) is 23.1 Å². The van der Waals surface area contributed by atoms with Crippen LogP contribution in [0.4, 0.5) is 9.18 Å². The SMILES string of the molecule is Cc1cc(F)ccc1S(=O)(=O)N1CCCN(C(=O)NC(C)C)CC1. The summed E-state index contributed by atoms with van der Waals surface area (Å²) in [5, 5.41) is 2.82. The topological polar surface area (TPSA) is 69.7 Å². The van der Waals surface area contributed by atoms with Crippen LogP contribution in [-0.4, -0.2) is 55.9 Å². The Labute approximate surface area is 142 Å². The van der Waals surface area contributed by atoms with Crippen LogP contribution < -0.4 is 5.32 Å². The van der Waals surface area contributed by atoms with Crippen molar-refractivity contribution in [3.8, 4) is 0 Å². The second kappa shape index (κ2) is 7.48. The number of rotatable bonds is 3. The average molecular weight is 357 g/mol. The van der Waals surface area contributed by atoms with Crippen LogP contribution in [0, 0.1) is 12.7 Å². The number of sulfonamides is 1. The third kappa shape index (κ3) is 4.24. The Morgan fingerprint density at radius 3 is 2.54 bits per heavy atom. The summed E-state index contributed by atoms with van der Waals surface area (Å²) in [5.74, 6) is -0.459. The Morgan fingerprint density at radius 2 is 1.92 bits per heavy atom. The number of nitrogens with zero attached hydrogens (tertiary/aromatic N) is 2. The third-order valence-corrected chi connectivity index (χ3v) is 5.97. The first-order chi connectivity index (χ1) is 11.2. The molecule has 1 aromatic carbocycles. The minimum atomic E-state index is -3.70. The molecule has 1 saturated heterocycles. The van der Waals surface area contributed by atoms with Gasteiger partial charge < -0.3 is 10.2 Å². The highest BCUT2D eigenvalue weighted by Gasteiger charge is 2.29. The average Bonchev–Trinajstić information content (AvgIpc) is 2.72. The number of hydrogen-bond acceptors (Lipinski definition) is 3. The lowest BCUT2D eigenvalue weighted by Crippen LogP contribution is -2.44. The minimum Gasteiger partial charge on any atom is -0.336 e. The van der Waals surface area contributed by atoms with Crippen LogP contribution in [0.5, 0.6) is 0 Å². The smallest absolute Gasteiger partial charge is 0.317 e. The van der Waals surface area contributed by atoms with Gasteiger partial charge in [-0.3, -0.25) is 0 Å². The van der Waals surface area contributed by atoms with E-state index in [1.54, 1.807) is 11.8 Å². The number of hydrogen-bond donors (Lipinski definition) is 1. The van der Waals surface area contributed by atoms with Crippen LogP contribution in [0.1, 0.15) is 25.8 Å². The van der Waals surface area contributed by atoms with Gasteiger partial charge in [0.15, 0.2) is 0 Å². The number of carbonyl (C=O) groups excluding carboxylic acids is 1. The molecule has 0 aliphatic carbocycles. The number of amides is 2. The molecule has 0 saturated carbocycles. The van der Waals surface area contributed by atoms with E-state index < -0.39 is 15.8 Å². The molecular formula is C16H24FN3O3S. The molecule has 1 aliphatic heterocycles. The molecule has 0 aromatic heterocycles. The number of nitrogens with one attached hydrogen (secondary N) is 1. The maximum Gasteiger partial charge on any atom is 0.317 e. The van der Waals surface area contributed by atoms with Crippen molar-refractivity contribution in [2.75, 3.05) is 26.2 Å². The fourth-order valence-electron chi connectivity index (χ4n) is 2.72. The molecule has 0 atom stereocenters. The fraction of sp³-hybridized carbons (Fsp3) is 0.562. The molecule has 134 valence electrons. The van der Waals surface area contributed by atoms with E-state index in [1.165, 1.54) is 16.4 Å². The molecule has 1 N–H and O–H groups in total. The molecule has 0 spiro atoms. The van der Waals surface area contributed by atoms with Crippen molar-refractivity contribution in [1.82, 2.24) is 14.5 Å². The standard InChI is InChI=1S/C16H24FN3O3S/c1-12(2)18-16(21)19-7-4-8-20(10-9-19)24(22,23)15-6-5-14(17)11-13(15)3/h5-6,11-12H,4,7-10H2,1-3H3,(H,18,21). The predicted octanol–water partition coefficient (Wildman–Crippen LogP) is 1.95. The molecule has 1 heterocycles. The van der Waals surface area contributed by atoms with Gasteiger partial charge in [0, 0.05) is 32.2 Å². The van der Waals surface area contributed by atoms with E-state index in [0.29, 0.717) is 31.6 Å². The molecule has 1 aliphatic rings. The molecule has 1 fully saturated rings. The van der Waals surface area contributed by atoms with Crippen LogP contribution >= 0.6 is 0 Å². The van der Waals surface area contributed by atoms with E-state index in [4.69, 9.17) is 0 Å². The zero-order valence-corrected chi connectivity index (χ0v) is 15.1. The van der Waals surface area contributed by atoms with Gasteiger partial charge in [0.2, 0.25) is 10.0 Å². The van der Waals surface area contributed by atoms with Crippen LogP contribution in [-0.2, 0) is 10.0 Å². The second-order valence-corrected chi connectivity index (χ2v) is 8.17. The van der Waals surface area contributed by atoms with Crippen molar-refractivity contribution in [2.24, 2.45) is 0 Å². The molecule has 8 heteroatoms. The van der Waals surface area contributed by atoms with E-state index in [0.717, 1.165) is 6.07 Å². The van der Waals surface area contributed by atoms with Crippen molar-refractivity contribution < 1.29 is 17.6 Å². The van der Waals surface area contributed by atoms with E-state index in [-0.39, 0.29) is 23.5 Å². The molecule has 24 heavy (non-hydrogen) atoms. The van der Waals surface area contributed by atoms with Gasteiger partial charge in [-0.15, -0.1) is 0 Å². The maximum atomic E-state index is 13.2. The van der Waals surface area contributed by atoms with Crippen LogP contribution in [0.2, 0.25) is 0 Å². The van der Waals surface area contributed by atoms with E-state index in [2.05, 4.69) is 5.32 Å². The summed E-state index contributed by atoms with van der Waals surface area (Å²) in [7, 11) is -3.70. The van der Waals surface area contributed by atoms with Gasteiger partial charge in [-0.05, 0) is 51.0 Å². The number of benzene rings is 1.